The fourth-order valence-corrected chi connectivity index (χ4v) is 4.53. The summed E-state index contributed by atoms with van der Waals surface area (Å²) in [7, 11) is 0. The van der Waals surface area contributed by atoms with E-state index in [9.17, 15) is 14.9 Å². The van der Waals surface area contributed by atoms with Gasteiger partial charge in [0.15, 0.2) is 6.61 Å². The molecule has 2 aliphatic rings. The van der Waals surface area contributed by atoms with Crippen LogP contribution in [0.3, 0.4) is 0 Å². The molecule has 1 saturated carbocycles. The summed E-state index contributed by atoms with van der Waals surface area (Å²) in [5.74, 6) is -0.676. The van der Waals surface area contributed by atoms with Crippen LogP contribution >= 0.6 is 0 Å². The molecule has 1 amide bonds. The number of carbonyl (C=O) groups is 2. The second kappa shape index (κ2) is 10.6. The standard InChI is InChI=1S/C24H33N3O4/c1-16-7-4-5-9-22(16)26-23(28)15-31-24(29)20(13-25)12-19-11-17(2)27(18(19)3)14-21-8-6-10-30-21/h11-12,16,21-22H,4-10,14-15H2,1-3H3,(H,26,28)/b20-12+/t16-,21+,22+/m0/s1. The van der Waals surface area contributed by atoms with Gasteiger partial charge in [-0.2, -0.15) is 5.26 Å². The fourth-order valence-electron chi connectivity index (χ4n) is 4.53. The number of hydrogen-bond donors (Lipinski definition) is 1. The third kappa shape index (κ3) is 5.98. The van der Waals surface area contributed by atoms with Gasteiger partial charge in [0.2, 0.25) is 0 Å². The highest BCUT2D eigenvalue weighted by molar-refractivity contribution is 5.99. The molecule has 1 aliphatic heterocycles. The first-order valence-corrected chi connectivity index (χ1v) is 11.3. The van der Waals surface area contributed by atoms with Crippen LogP contribution in [-0.4, -0.2) is 41.8 Å². The van der Waals surface area contributed by atoms with Gasteiger partial charge in [0.05, 0.1) is 6.10 Å². The zero-order chi connectivity index (χ0) is 22.4. The minimum atomic E-state index is -0.779. The van der Waals surface area contributed by atoms with Crippen LogP contribution in [0.25, 0.3) is 6.08 Å². The average Bonchev–Trinajstić information content (AvgIpc) is 3.36. The number of nitriles is 1. The molecular formula is C24H33N3O4. The van der Waals surface area contributed by atoms with Gasteiger partial charge < -0.3 is 19.4 Å². The highest BCUT2D eigenvalue weighted by Gasteiger charge is 2.24. The molecule has 1 aliphatic carbocycles. The number of ether oxygens (including phenoxy) is 2. The molecule has 3 rings (SSSR count). The maximum absolute atomic E-state index is 12.4. The second-order valence-electron chi connectivity index (χ2n) is 8.75. The normalized spacial score (nSPS) is 23.9. The number of aryl methyl sites for hydroxylation is 1. The number of esters is 1. The van der Waals surface area contributed by atoms with E-state index in [1.165, 1.54) is 12.5 Å². The number of aromatic nitrogens is 1. The summed E-state index contributed by atoms with van der Waals surface area (Å²) in [5.41, 5.74) is 2.70. The minimum Gasteiger partial charge on any atom is -0.451 e. The number of nitrogens with zero attached hydrogens (tertiary/aromatic N) is 2. The van der Waals surface area contributed by atoms with Crippen molar-refractivity contribution in [1.29, 1.82) is 5.26 Å². The number of carbonyl (C=O) groups excluding carboxylic acids is 2. The SMILES string of the molecule is Cc1cc(/C=C(\C#N)C(=O)OCC(=O)N[C@@H]2CCCC[C@@H]2C)c(C)n1C[C@H]1CCCO1. The summed E-state index contributed by atoms with van der Waals surface area (Å²) >= 11 is 0. The second-order valence-corrected chi connectivity index (χ2v) is 8.75. The molecule has 0 spiro atoms. The van der Waals surface area contributed by atoms with Gasteiger partial charge in [-0.15, -0.1) is 0 Å². The van der Waals surface area contributed by atoms with Crippen molar-refractivity contribution >= 4 is 18.0 Å². The zero-order valence-electron chi connectivity index (χ0n) is 18.8. The van der Waals surface area contributed by atoms with Crippen molar-refractivity contribution in [2.75, 3.05) is 13.2 Å². The molecular weight excluding hydrogens is 394 g/mol. The van der Waals surface area contributed by atoms with Crippen LogP contribution < -0.4 is 5.32 Å². The van der Waals surface area contributed by atoms with Crippen molar-refractivity contribution in [2.24, 2.45) is 5.92 Å². The highest BCUT2D eigenvalue weighted by Crippen LogP contribution is 2.24. The molecule has 31 heavy (non-hydrogen) atoms. The molecule has 168 valence electrons. The van der Waals surface area contributed by atoms with Gasteiger partial charge in [-0.25, -0.2) is 4.79 Å². The van der Waals surface area contributed by atoms with Gasteiger partial charge in [-0.3, -0.25) is 4.79 Å². The van der Waals surface area contributed by atoms with Crippen LogP contribution in [-0.2, 0) is 25.6 Å². The first-order chi connectivity index (χ1) is 14.9. The molecule has 1 N–H and O–H groups in total. The topological polar surface area (TPSA) is 93.4 Å². The maximum Gasteiger partial charge on any atom is 0.349 e. The number of nitrogens with one attached hydrogen (secondary N) is 1. The number of amides is 1. The van der Waals surface area contributed by atoms with E-state index in [2.05, 4.69) is 16.8 Å². The number of rotatable bonds is 7. The van der Waals surface area contributed by atoms with Crippen LogP contribution in [0.1, 0.15) is 62.4 Å². The van der Waals surface area contributed by atoms with E-state index in [-0.39, 0.29) is 30.2 Å². The van der Waals surface area contributed by atoms with E-state index >= 15 is 0 Å². The molecule has 1 aromatic heterocycles. The summed E-state index contributed by atoms with van der Waals surface area (Å²) < 4.78 is 13.0. The maximum atomic E-state index is 12.4. The molecule has 7 nitrogen and oxygen atoms in total. The van der Waals surface area contributed by atoms with Gasteiger partial charge >= 0.3 is 5.97 Å². The van der Waals surface area contributed by atoms with Crippen LogP contribution in [0.5, 0.6) is 0 Å². The summed E-state index contributed by atoms with van der Waals surface area (Å²) in [6.45, 7) is 7.28. The van der Waals surface area contributed by atoms with Crippen molar-refractivity contribution in [3.63, 3.8) is 0 Å². The smallest absolute Gasteiger partial charge is 0.349 e. The Labute approximate surface area is 184 Å². The highest BCUT2D eigenvalue weighted by atomic mass is 16.5. The summed E-state index contributed by atoms with van der Waals surface area (Å²) in [6.07, 6.45) is 8.19. The van der Waals surface area contributed by atoms with Gasteiger partial charge in [0.1, 0.15) is 11.6 Å². The van der Waals surface area contributed by atoms with E-state index in [4.69, 9.17) is 9.47 Å². The van der Waals surface area contributed by atoms with Gasteiger partial charge in [-0.05, 0) is 63.2 Å². The lowest BCUT2D eigenvalue weighted by molar-refractivity contribution is -0.144. The molecule has 0 bridgehead atoms. The Morgan fingerprint density at radius 2 is 2.06 bits per heavy atom. The van der Waals surface area contributed by atoms with Gasteiger partial charge in [-0.1, -0.05) is 19.8 Å². The van der Waals surface area contributed by atoms with Crippen LogP contribution in [0.15, 0.2) is 11.6 Å². The Morgan fingerprint density at radius 3 is 2.74 bits per heavy atom. The number of hydrogen-bond acceptors (Lipinski definition) is 5. The van der Waals surface area contributed by atoms with Crippen molar-refractivity contribution in [3.05, 3.63) is 28.6 Å². The third-order valence-corrected chi connectivity index (χ3v) is 6.46. The predicted molar refractivity (Wildman–Crippen MR) is 117 cm³/mol. The first kappa shape index (κ1) is 23.1. The van der Waals surface area contributed by atoms with E-state index in [1.54, 1.807) is 0 Å². The van der Waals surface area contributed by atoms with Crippen molar-refractivity contribution in [3.8, 4) is 6.07 Å². The van der Waals surface area contributed by atoms with Crippen LogP contribution in [0.4, 0.5) is 0 Å². The van der Waals surface area contributed by atoms with E-state index in [1.807, 2.05) is 26.0 Å². The molecule has 7 heteroatoms. The predicted octanol–water partition coefficient (Wildman–Crippen LogP) is 3.43. The van der Waals surface area contributed by atoms with E-state index < -0.39 is 5.97 Å². The Bertz CT molecular complexity index is 874. The van der Waals surface area contributed by atoms with Crippen molar-refractivity contribution in [2.45, 2.75) is 78.0 Å². The van der Waals surface area contributed by atoms with Crippen LogP contribution in [0.2, 0.25) is 0 Å². The zero-order valence-corrected chi connectivity index (χ0v) is 18.8. The van der Waals surface area contributed by atoms with E-state index in [0.717, 1.165) is 62.2 Å². The van der Waals surface area contributed by atoms with Gasteiger partial charge in [0, 0.05) is 30.6 Å². The molecule has 1 saturated heterocycles. The lowest BCUT2D eigenvalue weighted by Gasteiger charge is -2.29. The molecule has 1 aromatic rings. The van der Waals surface area contributed by atoms with E-state index in [0.29, 0.717) is 5.92 Å². The van der Waals surface area contributed by atoms with Crippen molar-refractivity contribution < 1.29 is 19.1 Å². The average molecular weight is 428 g/mol. The molecule has 0 unspecified atom stereocenters. The molecule has 0 aromatic carbocycles. The first-order valence-electron chi connectivity index (χ1n) is 11.3. The molecule has 2 heterocycles. The molecule has 2 fully saturated rings. The largest absolute Gasteiger partial charge is 0.451 e. The minimum absolute atomic E-state index is 0.115. The summed E-state index contributed by atoms with van der Waals surface area (Å²) in [5, 5.41) is 12.4. The fraction of sp³-hybridized carbons (Fsp3) is 0.625. The molecule has 0 radical (unpaired) electrons. The van der Waals surface area contributed by atoms with Crippen LogP contribution in [0, 0.1) is 31.1 Å². The quantitative estimate of drug-likeness (QED) is 0.409. The summed E-state index contributed by atoms with van der Waals surface area (Å²) in [6, 6.07) is 3.99. The summed E-state index contributed by atoms with van der Waals surface area (Å²) in [4.78, 5) is 24.6. The van der Waals surface area contributed by atoms with Gasteiger partial charge in [0.25, 0.3) is 5.91 Å². The Hall–Kier alpha value is -2.59. The lowest BCUT2D eigenvalue weighted by atomic mass is 9.86. The lowest BCUT2D eigenvalue weighted by Crippen LogP contribution is -2.42. The third-order valence-electron chi connectivity index (χ3n) is 6.46. The monoisotopic (exact) mass is 427 g/mol. The molecule has 3 atom stereocenters. The Kier molecular flexibility index (Phi) is 7.91. The Balaban J connectivity index is 1.60. The Morgan fingerprint density at radius 1 is 1.29 bits per heavy atom. The van der Waals surface area contributed by atoms with Crippen molar-refractivity contribution in [1.82, 2.24) is 9.88 Å².